The van der Waals surface area contributed by atoms with Gasteiger partial charge in [-0.15, -0.1) is 0 Å². The third kappa shape index (κ3) is 2.50. The molecule has 22 heavy (non-hydrogen) atoms. The number of amides is 2. The van der Waals surface area contributed by atoms with Crippen molar-refractivity contribution in [2.45, 2.75) is 44.4 Å². The molecule has 5 nitrogen and oxygen atoms in total. The number of benzene rings is 1. The maximum absolute atomic E-state index is 12.6. The predicted molar refractivity (Wildman–Crippen MR) is 81.8 cm³/mol. The number of nitrogens with one attached hydrogen (secondary N) is 1. The van der Waals surface area contributed by atoms with Crippen molar-refractivity contribution in [2.75, 3.05) is 13.1 Å². The van der Waals surface area contributed by atoms with Crippen molar-refractivity contribution in [3.8, 4) is 0 Å². The normalized spacial score (nSPS) is 27.0. The van der Waals surface area contributed by atoms with Crippen molar-refractivity contribution in [2.24, 2.45) is 0 Å². The SMILES string of the molecule is O=C(CN1C[C@@H]2CC[C@H](CC1=O)N2)N1Cc2ccccc2C1. The molecule has 1 aromatic carbocycles. The Labute approximate surface area is 130 Å². The summed E-state index contributed by atoms with van der Waals surface area (Å²) in [6.07, 6.45) is 2.72. The van der Waals surface area contributed by atoms with Crippen LogP contribution in [-0.2, 0) is 22.7 Å². The van der Waals surface area contributed by atoms with Gasteiger partial charge in [-0.05, 0) is 24.0 Å². The number of carbonyl (C=O) groups excluding carboxylic acids is 2. The van der Waals surface area contributed by atoms with Crippen LogP contribution in [0.1, 0.15) is 30.4 Å². The fourth-order valence-corrected chi connectivity index (χ4v) is 3.84. The molecule has 2 atom stereocenters. The summed E-state index contributed by atoms with van der Waals surface area (Å²) in [5, 5.41) is 3.48. The Morgan fingerprint density at radius 1 is 1.14 bits per heavy atom. The van der Waals surface area contributed by atoms with E-state index in [1.54, 1.807) is 4.90 Å². The molecule has 2 amide bonds. The van der Waals surface area contributed by atoms with E-state index in [1.807, 2.05) is 17.0 Å². The Hall–Kier alpha value is -1.88. The Balaban J connectivity index is 1.41. The molecule has 4 rings (SSSR count). The van der Waals surface area contributed by atoms with Crippen molar-refractivity contribution in [3.63, 3.8) is 0 Å². The van der Waals surface area contributed by atoms with Gasteiger partial charge in [-0.25, -0.2) is 0 Å². The Kier molecular flexibility index (Phi) is 3.37. The standard InChI is InChI=1S/C17H21N3O2/c21-16-7-14-5-6-15(18-14)10-20(16)11-17(22)19-8-12-3-1-2-4-13(12)9-19/h1-4,14-15,18H,5-11H2/t14-,15+/m1/s1. The summed E-state index contributed by atoms with van der Waals surface area (Å²) in [4.78, 5) is 28.5. The fourth-order valence-electron chi connectivity index (χ4n) is 3.84. The molecule has 0 aliphatic carbocycles. The number of rotatable bonds is 2. The molecule has 116 valence electrons. The maximum atomic E-state index is 12.6. The van der Waals surface area contributed by atoms with Crippen molar-refractivity contribution >= 4 is 11.8 Å². The minimum absolute atomic E-state index is 0.0577. The first kappa shape index (κ1) is 13.8. The molecule has 0 aromatic heterocycles. The highest BCUT2D eigenvalue weighted by molar-refractivity contribution is 5.85. The Bertz CT molecular complexity index is 591. The smallest absolute Gasteiger partial charge is 0.242 e. The Morgan fingerprint density at radius 2 is 1.82 bits per heavy atom. The summed E-state index contributed by atoms with van der Waals surface area (Å²) < 4.78 is 0. The average Bonchev–Trinajstić information content (AvgIpc) is 3.09. The lowest BCUT2D eigenvalue weighted by molar-refractivity contribution is -0.141. The molecular weight excluding hydrogens is 278 g/mol. The molecule has 5 heteroatoms. The van der Waals surface area contributed by atoms with Gasteiger partial charge in [0, 0.05) is 38.1 Å². The lowest BCUT2D eigenvalue weighted by Crippen LogP contribution is -2.44. The number of likely N-dealkylation sites (tertiary alicyclic amines) is 1. The summed E-state index contributed by atoms with van der Waals surface area (Å²) in [6, 6.07) is 8.83. The van der Waals surface area contributed by atoms with Gasteiger partial charge in [0.25, 0.3) is 0 Å². The van der Waals surface area contributed by atoms with Crippen LogP contribution in [0.25, 0.3) is 0 Å². The highest BCUT2D eigenvalue weighted by Gasteiger charge is 2.35. The molecule has 0 unspecified atom stereocenters. The van der Waals surface area contributed by atoms with Crippen molar-refractivity contribution in [1.82, 2.24) is 15.1 Å². The largest absolute Gasteiger partial charge is 0.332 e. The average molecular weight is 299 g/mol. The number of carbonyl (C=O) groups is 2. The number of hydrogen-bond donors (Lipinski definition) is 1. The van der Waals surface area contributed by atoms with Crippen LogP contribution in [0.3, 0.4) is 0 Å². The summed E-state index contributed by atoms with van der Waals surface area (Å²) in [5.74, 6) is 0.173. The highest BCUT2D eigenvalue weighted by Crippen LogP contribution is 2.24. The van der Waals surface area contributed by atoms with Gasteiger partial charge in [0.15, 0.2) is 0 Å². The first-order chi connectivity index (χ1) is 10.7. The minimum Gasteiger partial charge on any atom is -0.332 e. The molecule has 3 heterocycles. The van der Waals surface area contributed by atoms with E-state index >= 15 is 0 Å². The topological polar surface area (TPSA) is 52.7 Å². The monoisotopic (exact) mass is 299 g/mol. The lowest BCUT2D eigenvalue weighted by Gasteiger charge is -2.26. The number of hydrogen-bond acceptors (Lipinski definition) is 3. The van der Waals surface area contributed by atoms with E-state index in [2.05, 4.69) is 17.4 Å². The van der Waals surface area contributed by atoms with E-state index in [0.29, 0.717) is 38.1 Å². The summed E-state index contributed by atoms with van der Waals surface area (Å²) in [7, 11) is 0. The molecule has 0 saturated carbocycles. The lowest BCUT2D eigenvalue weighted by atomic mass is 10.1. The second kappa shape index (κ2) is 5.39. The van der Waals surface area contributed by atoms with Gasteiger partial charge < -0.3 is 15.1 Å². The summed E-state index contributed by atoms with van der Waals surface area (Å²) >= 11 is 0. The second-order valence-corrected chi connectivity index (χ2v) is 6.63. The zero-order chi connectivity index (χ0) is 15.1. The van der Waals surface area contributed by atoms with Crippen LogP contribution in [0.15, 0.2) is 24.3 Å². The predicted octanol–water partition coefficient (Wildman–Crippen LogP) is 0.882. The van der Waals surface area contributed by atoms with Crippen molar-refractivity contribution in [1.29, 1.82) is 0 Å². The summed E-state index contributed by atoms with van der Waals surface area (Å²) in [6.45, 7) is 2.22. The van der Waals surface area contributed by atoms with Gasteiger partial charge in [0.2, 0.25) is 11.8 Å². The van der Waals surface area contributed by atoms with E-state index < -0.39 is 0 Å². The van der Waals surface area contributed by atoms with Gasteiger partial charge in [-0.1, -0.05) is 24.3 Å². The van der Waals surface area contributed by atoms with Gasteiger partial charge in [-0.3, -0.25) is 9.59 Å². The fraction of sp³-hybridized carbons (Fsp3) is 0.529. The Morgan fingerprint density at radius 3 is 2.55 bits per heavy atom. The molecule has 2 saturated heterocycles. The van der Waals surface area contributed by atoms with E-state index in [9.17, 15) is 9.59 Å². The zero-order valence-corrected chi connectivity index (χ0v) is 12.6. The molecule has 3 aliphatic heterocycles. The molecule has 1 aromatic rings. The zero-order valence-electron chi connectivity index (χ0n) is 12.6. The summed E-state index contributed by atoms with van der Waals surface area (Å²) in [5.41, 5.74) is 2.44. The minimum atomic E-state index is 0.0577. The van der Waals surface area contributed by atoms with Gasteiger partial charge in [-0.2, -0.15) is 0 Å². The molecule has 2 bridgehead atoms. The van der Waals surface area contributed by atoms with Crippen LogP contribution in [0.4, 0.5) is 0 Å². The molecule has 2 fully saturated rings. The maximum Gasteiger partial charge on any atom is 0.242 e. The second-order valence-electron chi connectivity index (χ2n) is 6.63. The molecule has 0 radical (unpaired) electrons. The van der Waals surface area contributed by atoms with Crippen LogP contribution in [0, 0.1) is 0 Å². The van der Waals surface area contributed by atoms with E-state index in [-0.39, 0.29) is 18.4 Å². The number of nitrogens with zero attached hydrogens (tertiary/aromatic N) is 2. The van der Waals surface area contributed by atoms with Crippen LogP contribution >= 0.6 is 0 Å². The van der Waals surface area contributed by atoms with Gasteiger partial charge >= 0.3 is 0 Å². The highest BCUT2D eigenvalue weighted by atomic mass is 16.2. The van der Waals surface area contributed by atoms with Crippen molar-refractivity contribution < 1.29 is 9.59 Å². The third-order valence-electron chi connectivity index (χ3n) is 5.07. The van der Waals surface area contributed by atoms with Crippen LogP contribution in [0.5, 0.6) is 0 Å². The van der Waals surface area contributed by atoms with Crippen LogP contribution < -0.4 is 5.32 Å². The van der Waals surface area contributed by atoms with E-state index in [0.717, 1.165) is 12.8 Å². The molecule has 3 aliphatic rings. The van der Waals surface area contributed by atoms with E-state index in [1.165, 1.54) is 11.1 Å². The van der Waals surface area contributed by atoms with Gasteiger partial charge in [0.05, 0.1) is 6.54 Å². The van der Waals surface area contributed by atoms with Crippen LogP contribution in [-0.4, -0.2) is 46.8 Å². The quantitative estimate of drug-likeness (QED) is 0.882. The van der Waals surface area contributed by atoms with Gasteiger partial charge in [0.1, 0.15) is 0 Å². The van der Waals surface area contributed by atoms with E-state index in [4.69, 9.17) is 0 Å². The number of fused-ring (bicyclic) bond motifs is 3. The van der Waals surface area contributed by atoms with Crippen molar-refractivity contribution in [3.05, 3.63) is 35.4 Å². The molecule has 1 N–H and O–H groups in total. The third-order valence-corrected chi connectivity index (χ3v) is 5.07. The first-order valence-electron chi connectivity index (χ1n) is 8.07. The van der Waals surface area contributed by atoms with Crippen LogP contribution in [0.2, 0.25) is 0 Å². The molecular formula is C17H21N3O2. The first-order valence-corrected chi connectivity index (χ1v) is 8.07. The molecule has 0 spiro atoms.